The Bertz CT molecular complexity index is 321. The van der Waals surface area contributed by atoms with Gasteiger partial charge in [-0.1, -0.05) is 40.2 Å². The summed E-state index contributed by atoms with van der Waals surface area (Å²) in [5.74, 6) is -0.103. The fourth-order valence-corrected chi connectivity index (χ4v) is 1.61. The van der Waals surface area contributed by atoms with Gasteiger partial charge >= 0.3 is 0 Å². The van der Waals surface area contributed by atoms with Crippen molar-refractivity contribution in [2.75, 3.05) is 0 Å². The van der Waals surface area contributed by atoms with E-state index in [2.05, 4.69) is 33.8 Å². The molecule has 84 valence electrons. The van der Waals surface area contributed by atoms with Crippen LogP contribution in [0.25, 0.3) is 0 Å². The standard InChI is InChI=1S/C14H21F/c1-5-6-7-11-8-12(14(2,3)4)10-13(15)9-11/h8-10H,5-7H2,1-4H3. The van der Waals surface area contributed by atoms with E-state index in [1.54, 1.807) is 12.1 Å². The van der Waals surface area contributed by atoms with E-state index in [0.29, 0.717) is 0 Å². The summed E-state index contributed by atoms with van der Waals surface area (Å²) in [4.78, 5) is 0. The lowest BCUT2D eigenvalue weighted by Gasteiger charge is -2.20. The number of hydrogen-bond donors (Lipinski definition) is 0. The van der Waals surface area contributed by atoms with Gasteiger partial charge in [0.05, 0.1) is 0 Å². The van der Waals surface area contributed by atoms with E-state index in [1.807, 2.05) is 0 Å². The van der Waals surface area contributed by atoms with E-state index in [4.69, 9.17) is 0 Å². The molecule has 0 N–H and O–H groups in total. The number of rotatable bonds is 3. The lowest BCUT2D eigenvalue weighted by molar-refractivity contribution is 0.569. The van der Waals surface area contributed by atoms with Crippen LogP contribution in [0.1, 0.15) is 51.7 Å². The van der Waals surface area contributed by atoms with Crippen LogP contribution in [0.3, 0.4) is 0 Å². The van der Waals surface area contributed by atoms with Crippen molar-refractivity contribution in [3.63, 3.8) is 0 Å². The van der Waals surface area contributed by atoms with E-state index in [-0.39, 0.29) is 11.2 Å². The van der Waals surface area contributed by atoms with Crippen molar-refractivity contribution in [2.45, 2.75) is 52.4 Å². The minimum absolute atomic E-state index is 0.0308. The van der Waals surface area contributed by atoms with Gasteiger partial charge in [0.25, 0.3) is 0 Å². The average molecular weight is 208 g/mol. The normalized spacial score (nSPS) is 11.8. The number of halogens is 1. The maximum Gasteiger partial charge on any atom is 0.123 e. The summed E-state index contributed by atoms with van der Waals surface area (Å²) in [5, 5.41) is 0. The predicted molar refractivity (Wildman–Crippen MR) is 63.7 cm³/mol. The number of aryl methyl sites for hydroxylation is 1. The van der Waals surface area contributed by atoms with Gasteiger partial charge in [0.15, 0.2) is 0 Å². The molecular formula is C14H21F. The molecular weight excluding hydrogens is 187 g/mol. The van der Waals surface area contributed by atoms with E-state index < -0.39 is 0 Å². The topological polar surface area (TPSA) is 0 Å². The monoisotopic (exact) mass is 208 g/mol. The molecule has 0 nitrogen and oxygen atoms in total. The van der Waals surface area contributed by atoms with Crippen molar-refractivity contribution < 1.29 is 4.39 Å². The molecule has 0 saturated heterocycles. The summed E-state index contributed by atoms with van der Waals surface area (Å²) in [5.41, 5.74) is 2.25. The SMILES string of the molecule is CCCCc1cc(F)cc(C(C)(C)C)c1. The highest BCUT2D eigenvalue weighted by molar-refractivity contribution is 5.29. The zero-order valence-corrected chi connectivity index (χ0v) is 10.2. The largest absolute Gasteiger partial charge is 0.207 e. The lowest BCUT2D eigenvalue weighted by Crippen LogP contribution is -2.12. The Morgan fingerprint density at radius 3 is 2.33 bits per heavy atom. The predicted octanol–water partition coefficient (Wildman–Crippen LogP) is 4.47. The number of hydrogen-bond acceptors (Lipinski definition) is 0. The fourth-order valence-electron chi connectivity index (χ4n) is 1.61. The first-order valence-corrected chi connectivity index (χ1v) is 5.73. The Kier molecular flexibility index (Phi) is 3.90. The highest BCUT2D eigenvalue weighted by Gasteiger charge is 2.15. The van der Waals surface area contributed by atoms with Crippen LogP contribution in [0, 0.1) is 5.82 Å². The second-order valence-electron chi connectivity index (χ2n) is 5.20. The van der Waals surface area contributed by atoms with Gasteiger partial charge in [0, 0.05) is 0 Å². The molecule has 0 unspecified atom stereocenters. The molecule has 0 fully saturated rings. The molecule has 0 aromatic heterocycles. The quantitative estimate of drug-likeness (QED) is 0.687. The maximum absolute atomic E-state index is 13.4. The molecule has 15 heavy (non-hydrogen) atoms. The Morgan fingerprint density at radius 2 is 1.80 bits per heavy atom. The molecule has 0 saturated carbocycles. The van der Waals surface area contributed by atoms with Crippen LogP contribution < -0.4 is 0 Å². The molecule has 0 heterocycles. The van der Waals surface area contributed by atoms with Crippen LogP contribution in [0.15, 0.2) is 18.2 Å². The summed E-state index contributed by atoms with van der Waals surface area (Å²) >= 11 is 0. The van der Waals surface area contributed by atoms with Crippen molar-refractivity contribution in [1.29, 1.82) is 0 Å². The Morgan fingerprint density at radius 1 is 1.13 bits per heavy atom. The molecule has 0 aliphatic carbocycles. The average Bonchev–Trinajstić information content (AvgIpc) is 2.12. The Labute approximate surface area is 92.5 Å². The minimum atomic E-state index is -0.103. The number of benzene rings is 1. The van der Waals surface area contributed by atoms with Gasteiger partial charge in [-0.2, -0.15) is 0 Å². The smallest absolute Gasteiger partial charge is 0.123 e. The lowest BCUT2D eigenvalue weighted by atomic mass is 9.85. The first-order chi connectivity index (χ1) is 6.93. The van der Waals surface area contributed by atoms with Crippen molar-refractivity contribution in [2.24, 2.45) is 0 Å². The highest BCUT2D eigenvalue weighted by Crippen LogP contribution is 2.24. The van der Waals surface area contributed by atoms with Crippen molar-refractivity contribution in [3.05, 3.63) is 35.1 Å². The summed E-state index contributed by atoms with van der Waals surface area (Å²) in [6.07, 6.45) is 3.27. The van der Waals surface area contributed by atoms with Crippen LogP contribution >= 0.6 is 0 Å². The first kappa shape index (κ1) is 12.2. The Balaban J connectivity index is 2.95. The molecule has 0 bridgehead atoms. The maximum atomic E-state index is 13.4. The van der Waals surface area contributed by atoms with Gasteiger partial charge in [-0.25, -0.2) is 4.39 Å². The van der Waals surface area contributed by atoms with Gasteiger partial charge in [-0.05, 0) is 41.5 Å². The molecule has 0 radical (unpaired) electrons. The second-order valence-corrected chi connectivity index (χ2v) is 5.20. The van der Waals surface area contributed by atoms with E-state index in [1.165, 1.54) is 0 Å². The Hall–Kier alpha value is -0.850. The summed E-state index contributed by atoms with van der Waals surface area (Å²) < 4.78 is 13.4. The summed E-state index contributed by atoms with van der Waals surface area (Å²) in [6.45, 7) is 8.51. The fraction of sp³-hybridized carbons (Fsp3) is 0.571. The summed E-state index contributed by atoms with van der Waals surface area (Å²) in [6, 6.07) is 5.44. The van der Waals surface area contributed by atoms with Crippen LogP contribution in [0.2, 0.25) is 0 Å². The van der Waals surface area contributed by atoms with Gasteiger partial charge in [0.1, 0.15) is 5.82 Å². The van der Waals surface area contributed by atoms with Crippen LogP contribution in [0.5, 0.6) is 0 Å². The summed E-state index contributed by atoms with van der Waals surface area (Å²) in [7, 11) is 0. The molecule has 0 aliphatic rings. The van der Waals surface area contributed by atoms with Crippen molar-refractivity contribution in [1.82, 2.24) is 0 Å². The zero-order valence-electron chi connectivity index (χ0n) is 10.2. The molecule has 1 aromatic carbocycles. The molecule has 1 heteroatoms. The molecule has 0 atom stereocenters. The van der Waals surface area contributed by atoms with E-state index in [9.17, 15) is 4.39 Å². The third-order valence-corrected chi connectivity index (χ3v) is 2.64. The third kappa shape index (κ3) is 3.65. The molecule has 1 rings (SSSR count). The second kappa shape index (κ2) is 4.78. The number of unbranched alkanes of at least 4 members (excludes halogenated alkanes) is 1. The zero-order chi connectivity index (χ0) is 11.5. The van der Waals surface area contributed by atoms with Crippen LogP contribution in [-0.4, -0.2) is 0 Å². The molecule has 0 amide bonds. The van der Waals surface area contributed by atoms with Crippen molar-refractivity contribution >= 4 is 0 Å². The van der Waals surface area contributed by atoms with Crippen LogP contribution in [-0.2, 0) is 11.8 Å². The van der Waals surface area contributed by atoms with E-state index >= 15 is 0 Å². The molecule has 0 spiro atoms. The van der Waals surface area contributed by atoms with Crippen LogP contribution in [0.4, 0.5) is 4.39 Å². The van der Waals surface area contributed by atoms with Gasteiger partial charge in [0.2, 0.25) is 0 Å². The van der Waals surface area contributed by atoms with Crippen molar-refractivity contribution in [3.8, 4) is 0 Å². The van der Waals surface area contributed by atoms with E-state index in [0.717, 1.165) is 30.4 Å². The molecule has 1 aromatic rings. The first-order valence-electron chi connectivity index (χ1n) is 5.73. The van der Waals surface area contributed by atoms with Gasteiger partial charge < -0.3 is 0 Å². The third-order valence-electron chi connectivity index (χ3n) is 2.64. The molecule has 0 aliphatic heterocycles. The van der Waals surface area contributed by atoms with Gasteiger partial charge in [-0.15, -0.1) is 0 Å². The highest BCUT2D eigenvalue weighted by atomic mass is 19.1. The van der Waals surface area contributed by atoms with Gasteiger partial charge in [-0.3, -0.25) is 0 Å². The minimum Gasteiger partial charge on any atom is -0.207 e.